The van der Waals surface area contributed by atoms with Crippen LogP contribution in [0.15, 0.2) is 18.2 Å². The summed E-state index contributed by atoms with van der Waals surface area (Å²) in [7, 11) is 0. The molecule has 0 radical (unpaired) electrons. The molecule has 3 rings (SSSR count). The summed E-state index contributed by atoms with van der Waals surface area (Å²) in [5.41, 5.74) is 1.71. The highest BCUT2D eigenvalue weighted by molar-refractivity contribution is 5.51. The first-order valence-corrected chi connectivity index (χ1v) is 7.00. The van der Waals surface area contributed by atoms with E-state index in [1.165, 1.54) is 44.8 Å². The first kappa shape index (κ1) is 12.0. The Kier molecular flexibility index (Phi) is 3.25. The molecule has 98 valence electrons. The molecule has 2 unspecified atom stereocenters. The second-order valence-corrected chi connectivity index (χ2v) is 5.61. The Morgan fingerprint density at radius 2 is 2.17 bits per heavy atom. The lowest BCUT2D eigenvalue weighted by Crippen LogP contribution is -2.42. The third-order valence-electron chi connectivity index (χ3n) is 4.45. The second-order valence-electron chi connectivity index (χ2n) is 5.61. The molecule has 2 aliphatic heterocycles. The lowest BCUT2D eigenvalue weighted by Gasteiger charge is -2.35. The van der Waals surface area contributed by atoms with Crippen molar-refractivity contribution in [2.75, 3.05) is 18.4 Å². The van der Waals surface area contributed by atoms with Gasteiger partial charge in [-0.2, -0.15) is 0 Å². The highest BCUT2D eigenvalue weighted by Crippen LogP contribution is 2.29. The van der Waals surface area contributed by atoms with Gasteiger partial charge in [-0.1, -0.05) is 6.07 Å². The van der Waals surface area contributed by atoms with Gasteiger partial charge in [-0.25, -0.2) is 4.39 Å². The van der Waals surface area contributed by atoms with E-state index >= 15 is 0 Å². The summed E-state index contributed by atoms with van der Waals surface area (Å²) >= 11 is 0. The maximum Gasteiger partial charge on any atom is 0.128 e. The minimum atomic E-state index is -0.113. The zero-order valence-corrected chi connectivity index (χ0v) is 11.0. The van der Waals surface area contributed by atoms with Crippen molar-refractivity contribution in [3.8, 4) is 0 Å². The molecule has 18 heavy (non-hydrogen) atoms. The number of hydrogen-bond donors (Lipinski definition) is 1. The Bertz CT molecular complexity index is 433. The summed E-state index contributed by atoms with van der Waals surface area (Å²) < 4.78 is 13.5. The average molecular weight is 248 g/mol. The van der Waals surface area contributed by atoms with Crippen molar-refractivity contribution in [2.24, 2.45) is 0 Å². The van der Waals surface area contributed by atoms with Gasteiger partial charge in [-0.05, 0) is 51.3 Å². The van der Waals surface area contributed by atoms with Crippen molar-refractivity contribution < 1.29 is 4.39 Å². The van der Waals surface area contributed by atoms with Crippen molar-refractivity contribution in [1.29, 1.82) is 0 Å². The molecule has 1 aromatic carbocycles. The van der Waals surface area contributed by atoms with Crippen LogP contribution >= 0.6 is 0 Å². The molecule has 0 bridgehead atoms. The quantitative estimate of drug-likeness (QED) is 0.864. The molecule has 0 spiro atoms. The Labute approximate surface area is 108 Å². The Balaban J connectivity index is 1.68. The molecule has 1 N–H and O–H groups in total. The monoisotopic (exact) mass is 248 g/mol. The van der Waals surface area contributed by atoms with Crippen LogP contribution < -0.4 is 5.32 Å². The highest BCUT2D eigenvalue weighted by Gasteiger charge is 2.31. The number of hydrogen-bond acceptors (Lipinski definition) is 2. The van der Waals surface area contributed by atoms with E-state index in [1.54, 1.807) is 6.07 Å². The molecule has 2 nitrogen and oxygen atoms in total. The summed E-state index contributed by atoms with van der Waals surface area (Å²) in [6, 6.07) is 6.56. The fourth-order valence-electron chi connectivity index (χ4n) is 3.34. The smallest absolute Gasteiger partial charge is 0.128 e. The van der Waals surface area contributed by atoms with E-state index in [2.05, 4.69) is 10.2 Å². The van der Waals surface area contributed by atoms with Gasteiger partial charge in [0.25, 0.3) is 0 Å². The van der Waals surface area contributed by atoms with Crippen molar-refractivity contribution >= 4 is 5.69 Å². The number of fused-ring (bicyclic) bond motifs is 1. The van der Waals surface area contributed by atoms with Gasteiger partial charge in [0.05, 0.1) is 0 Å². The van der Waals surface area contributed by atoms with Crippen LogP contribution in [0.4, 0.5) is 10.1 Å². The minimum Gasteiger partial charge on any atom is -0.382 e. The van der Waals surface area contributed by atoms with E-state index in [4.69, 9.17) is 0 Å². The number of nitrogens with zero attached hydrogens (tertiary/aromatic N) is 1. The molecule has 0 aromatic heterocycles. The van der Waals surface area contributed by atoms with E-state index in [-0.39, 0.29) is 5.82 Å². The molecule has 2 aliphatic rings. The molecule has 1 aromatic rings. The lowest BCUT2D eigenvalue weighted by molar-refractivity contribution is 0.188. The Hall–Kier alpha value is -1.09. The van der Waals surface area contributed by atoms with Gasteiger partial charge < -0.3 is 10.2 Å². The Morgan fingerprint density at radius 1 is 1.28 bits per heavy atom. The van der Waals surface area contributed by atoms with Gasteiger partial charge in [0.1, 0.15) is 5.82 Å². The van der Waals surface area contributed by atoms with Crippen LogP contribution in [0.5, 0.6) is 0 Å². The molecular weight excluding hydrogens is 227 g/mol. The minimum absolute atomic E-state index is 0.113. The summed E-state index contributed by atoms with van der Waals surface area (Å²) in [5, 5.41) is 3.54. The largest absolute Gasteiger partial charge is 0.382 e. The van der Waals surface area contributed by atoms with Crippen LogP contribution in [0.3, 0.4) is 0 Å². The summed E-state index contributed by atoms with van der Waals surface area (Å²) in [6.45, 7) is 4.31. The SMILES string of the molecule is Cc1c(F)cccc1NC1CCN2CCCC2C1. The van der Waals surface area contributed by atoms with Gasteiger partial charge in [-0.15, -0.1) is 0 Å². The number of halogens is 1. The van der Waals surface area contributed by atoms with Crippen molar-refractivity contribution in [3.05, 3.63) is 29.6 Å². The van der Waals surface area contributed by atoms with Crippen molar-refractivity contribution in [2.45, 2.75) is 44.7 Å². The summed E-state index contributed by atoms with van der Waals surface area (Å²) in [6.07, 6.45) is 5.05. The first-order chi connectivity index (χ1) is 8.74. The molecule has 2 saturated heterocycles. The van der Waals surface area contributed by atoms with E-state index in [0.29, 0.717) is 6.04 Å². The molecule has 0 saturated carbocycles. The normalized spacial score (nSPS) is 28.1. The fourth-order valence-corrected chi connectivity index (χ4v) is 3.34. The van der Waals surface area contributed by atoms with Gasteiger partial charge in [-0.3, -0.25) is 0 Å². The van der Waals surface area contributed by atoms with E-state index in [9.17, 15) is 4.39 Å². The number of rotatable bonds is 2. The third-order valence-corrected chi connectivity index (χ3v) is 4.45. The first-order valence-electron chi connectivity index (χ1n) is 7.00. The highest BCUT2D eigenvalue weighted by atomic mass is 19.1. The predicted molar refractivity (Wildman–Crippen MR) is 72.4 cm³/mol. The van der Waals surface area contributed by atoms with Crippen LogP contribution in [0.25, 0.3) is 0 Å². The Morgan fingerprint density at radius 3 is 3.06 bits per heavy atom. The van der Waals surface area contributed by atoms with Crippen molar-refractivity contribution in [1.82, 2.24) is 4.90 Å². The molecule has 3 heteroatoms. The number of nitrogens with one attached hydrogen (secondary N) is 1. The van der Waals surface area contributed by atoms with Crippen LogP contribution in [-0.4, -0.2) is 30.1 Å². The standard InChI is InChI=1S/C15H21FN2/c1-11-14(16)5-2-6-15(11)17-12-7-9-18-8-3-4-13(18)10-12/h2,5-6,12-13,17H,3-4,7-10H2,1H3. The zero-order chi connectivity index (χ0) is 12.5. The number of piperidine rings is 1. The fraction of sp³-hybridized carbons (Fsp3) is 0.600. The van der Waals surface area contributed by atoms with Gasteiger partial charge in [0.15, 0.2) is 0 Å². The van der Waals surface area contributed by atoms with Gasteiger partial charge >= 0.3 is 0 Å². The number of anilines is 1. The van der Waals surface area contributed by atoms with Crippen LogP contribution in [0.1, 0.15) is 31.2 Å². The molecule has 0 aliphatic carbocycles. The molecular formula is C15H21FN2. The predicted octanol–water partition coefficient (Wildman–Crippen LogP) is 3.17. The third kappa shape index (κ3) is 2.24. The van der Waals surface area contributed by atoms with Crippen LogP contribution in [0, 0.1) is 12.7 Å². The zero-order valence-electron chi connectivity index (χ0n) is 11.0. The molecule has 2 heterocycles. The van der Waals surface area contributed by atoms with Gasteiger partial charge in [0, 0.05) is 29.9 Å². The maximum atomic E-state index is 13.5. The molecule has 2 atom stereocenters. The molecule has 2 fully saturated rings. The summed E-state index contributed by atoms with van der Waals surface area (Å²) in [5.74, 6) is -0.113. The van der Waals surface area contributed by atoms with Crippen LogP contribution in [-0.2, 0) is 0 Å². The van der Waals surface area contributed by atoms with E-state index in [0.717, 1.165) is 17.3 Å². The maximum absolute atomic E-state index is 13.5. The number of benzene rings is 1. The topological polar surface area (TPSA) is 15.3 Å². The lowest BCUT2D eigenvalue weighted by atomic mass is 9.97. The van der Waals surface area contributed by atoms with E-state index in [1.807, 2.05) is 13.0 Å². The van der Waals surface area contributed by atoms with E-state index < -0.39 is 0 Å². The average Bonchev–Trinajstić information content (AvgIpc) is 2.82. The molecule has 0 amide bonds. The van der Waals surface area contributed by atoms with Gasteiger partial charge in [0.2, 0.25) is 0 Å². The summed E-state index contributed by atoms with van der Waals surface area (Å²) in [4.78, 5) is 2.61. The second kappa shape index (κ2) is 4.88. The van der Waals surface area contributed by atoms with Crippen LogP contribution in [0.2, 0.25) is 0 Å². The van der Waals surface area contributed by atoms with Crippen molar-refractivity contribution in [3.63, 3.8) is 0 Å².